The van der Waals surface area contributed by atoms with E-state index in [9.17, 15) is 8.78 Å². The van der Waals surface area contributed by atoms with Crippen LogP contribution in [0.5, 0.6) is 0 Å². The van der Waals surface area contributed by atoms with E-state index in [1.165, 1.54) is 12.1 Å². The Bertz CT molecular complexity index is 423. The number of nitrogens with one attached hydrogen (secondary N) is 1. The van der Waals surface area contributed by atoms with Crippen LogP contribution in [0.4, 0.5) is 8.78 Å². The van der Waals surface area contributed by atoms with Gasteiger partial charge in [-0.2, -0.15) is 0 Å². The van der Waals surface area contributed by atoms with E-state index in [0.29, 0.717) is 18.6 Å². The van der Waals surface area contributed by atoms with Crippen LogP contribution in [0.15, 0.2) is 18.2 Å². The van der Waals surface area contributed by atoms with Gasteiger partial charge in [-0.15, -0.1) is 0 Å². The van der Waals surface area contributed by atoms with Crippen LogP contribution >= 0.6 is 0 Å². The van der Waals surface area contributed by atoms with Crippen molar-refractivity contribution in [2.75, 3.05) is 13.1 Å². The van der Waals surface area contributed by atoms with Gasteiger partial charge in [-0.25, -0.2) is 8.78 Å². The molecule has 19 heavy (non-hydrogen) atoms. The van der Waals surface area contributed by atoms with Crippen molar-refractivity contribution in [2.45, 2.75) is 45.3 Å². The first-order valence-corrected chi connectivity index (χ1v) is 7.01. The smallest absolute Gasteiger partial charge is 0.159 e. The number of benzene rings is 1. The third kappa shape index (κ3) is 3.74. The summed E-state index contributed by atoms with van der Waals surface area (Å²) in [4.78, 5) is 2.33. The quantitative estimate of drug-likeness (QED) is 0.903. The number of piperidine rings is 1. The molecule has 1 aliphatic rings. The van der Waals surface area contributed by atoms with Gasteiger partial charge in [0.05, 0.1) is 0 Å². The lowest BCUT2D eigenvalue weighted by molar-refractivity contribution is 0.129. The molecule has 2 unspecified atom stereocenters. The molecule has 1 N–H and O–H groups in total. The highest BCUT2D eigenvalue weighted by molar-refractivity contribution is 5.17. The molecular formula is C15H22F2N2. The maximum absolute atomic E-state index is 13.2. The van der Waals surface area contributed by atoms with Crippen LogP contribution in [0, 0.1) is 11.6 Å². The molecule has 1 aliphatic heterocycles. The van der Waals surface area contributed by atoms with Gasteiger partial charge in [0.15, 0.2) is 11.6 Å². The lowest BCUT2D eigenvalue weighted by Gasteiger charge is -2.38. The van der Waals surface area contributed by atoms with Crippen LogP contribution < -0.4 is 5.32 Å². The maximum Gasteiger partial charge on any atom is 0.159 e. The lowest BCUT2D eigenvalue weighted by atomic mass is 9.97. The molecule has 0 bridgehead atoms. The Morgan fingerprint density at radius 1 is 1.32 bits per heavy atom. The van der Waals surface area contributed by atoms with Crippen LogP contribution in [0.3, 0.4) is 0 Å². The van der Waals surface area contributed by atoms with Gasteiger partial charge < -0.3 is 5.32 Å². The van der Waals surface area contributed by atoms with Crippen molar-refractivity contribution in [3.63, 3.8) is 0 Å². The first-order chi connectivity index (χ1) is 9.10. The summed E-state index contributed by atoms with van der Waals surface area (Å²) in [7, 11) is 0. The van der Waals surface area contributed by atoms with Crippen LogP contribution in [-0.4, -0.2) is 30.1 Å². The summed E-state index contributed by atoms with van der Waals surface area (Å²) in [6.45, 7) is 7.01. The molecule has 0 aliphatic carbocycles. The number of nitrogens with zero attached hydrogens (tertiary/aromatic N) is 1. The van der Waals surface area contributed by atoms with Gasteiger partial charge in [0, 0.05) is 25.2 Å². The van der Waals surface area contributed by atoms with E-state index >= 15 is 0 Å². The molecule has 0 amide bonds. The van der Waals surface area contributed by atoms with Crippen molar-refractivity contribution in [3.8, 4) is 0 Å². The molecular weight excluding hydrogens is 246 g/mol. The van der Waals surface area contributed by atoms with Gasteiger partial charge in [-0.1, -0.05) is 13.0 Å². The molecule has 4 heteroatoms. The molecule has 0 saturated carbocycles. The first-order valence-electron chi connectivity index (χ1n) is 7.01. The Morgan fingerprint density at radius 2 is 2.11 bits per heavy atom. The van der Waals surface area contributed by atoms with E-state index < -0.39 is 11.6 Å². The van der Waals surface area contributed by atoms with Gasteiger partial charge in [0.1, 0.15) is 0 Å². The fourth-order valence-electron chi connectivity index (χ4n) is 2.80. The van der Waals surface area contributed by atoms with Crippen molar-refractivity contribution in [1.82, 2.24) is 10.2 Å². The summed E-state index contributed by atoms with van der Waals surface area (Å²) < 4.78 is 26.1. The van der Waals surface area contributed by atoms with E-state index in [1.807, 2.05) is 0 Å². The summed E-state index contributed by atoms with van der Waals surface area (Å²) in [6, 6.07) is 5.23. The molecule has 2 atom stereocenters. The fraction of sp³-hybridized carbons (Fsp3) is 0.600. The topological polar surface area (TPSA) is 15.3 Å². The zero-order chi connectivity index (χ0) is 13.8. The van der Waals surface area contributed by atoms with E-state index in [-0.39, 0.29) is 0 Å². The second-order valence-corrected chi connectivity index (χ2v) is 5.35. The zero-order valence-corrected chi connectivity index (χ0v) is 11.6. The third-order valence-corrected chi connectivity index (χ3v) is 3.88. The van der Waals surface area contributed by atoms with Crippen molar-refractivity contribution in [2.24, 2.45) is 0 Å². The zero-order valence-electron chi connectivity index (χ0n) is 11.6. The number of hydrogen-bond donors (Lipinski definition) is 1. The maximum atomic E-state index is 13.2. The molecule has 1 aromatic carbocycles. The molecule has 0 aromatic heterocycles. The molecule has 0 spiro atoms. The normalized spacial score (nSPS) is 24.6. The summed E-state index contributed by atoms with van der Waals surface area (Å²) >= 11 is 0. The Hall–Kier alpha value is -1.00. The number of halogens is 2. The standard InChI is InChI=1S/C15H22F2N2/c1-3-18-13-6-7-19(11(2)8-13)10-12-4-5-14(16)15(17)9-12/h4-5,9,11,13,18H,3,6-8,10H2,1-2H3. The molecule has 106 valence electrons. The van der Waals surface area contributed by atoms with Crippen molar-refractivity contribution >= 4 is 0 Å². The van der Waals surface area contributed by atoms with Crippen molar-refractivity contribution in [1.29, 1.82) is 0 Å². The number of likely N-dealkylation sites (tertiary alicyclic amines) is 1. The van der Waals surface area contributed by atoms with Gasteiger partial charge in [-0.05, 0) is 44.0 Å². The molecule has 2 nitrogen and oxygen atoms in total. The Balaban J connectivity index is 1.94. The van der Waals surface area contributed by atoms with Crippen LogP contribution in [-0.2, 0) is 6.54 Å². The fourth-order valence-corrected chi connectivity index (χ4v) is 2.80. The monoisotopic (exact) mass is 268 g/mol. The van der Waals surface area contributed by atoms with Gasteiger partial charge in [-0.3, -0.25) is 4.90 Å². The highest BCUT2D eigenvalue weighted by Crippen LogP contribution is 2.20. The highest BCUT2D eigenvalue weighted by Gasteiger charge is 2.24. The summed E-state index contributed by atoms with van der Waals surface area (Å²) in [5.41, 5.74) is 0.840. The summed E-state index contributed by atoms with van der Waals surface area (Å²) in [5, 5.41) is 3.48. The highest BCUT2D eigenvalue weighted by atomic mass is 19.2. The van der Waals surface area contributed by atoms with Gasteiger partial charge in [0.25, 0.3) is 0 Å². The van der Waals surface area contributed by atoms with Gasteiger partial charge in [0.2, 0.25) is 0 Å². The van der Waals surface area contributed by atoms with Crippen LogP contribution in [0.1, 0.15) is 32.3 Å². The molecule has 0 radical (unpaired) electrons. The number of hydrogen-bond acceptors (Lipinski definition) is 2. The second-order valence-electron chi connectivity index (χ2n) is 5.35. The molecule has 1 saturated heterocycles. The summed E-state index contributed by atoms with van der Waals surface area (Å²) in [5.74, 6) is -1.53. The van der Waals surface area contributed by atoms with Crippen LogP contribution in [0.2, 0.25) is 0 Å². The Morgan fingerprint density at radius 3 is 2.74 bits per heavy atom. The SMILES string of the molecule is CCNC1CCN(Cc2ccc(F)c(F)c2)C(C)C1. The summed E-state index contributed by atoms with van der Waals surface area (Å²) in [6.07, 6.45) is 2.22. The first kappa shape index (κ1) is 14.4. The van der Waals surface area contributed by atoms with Gasteiger partial charge >= 0.3 is 0 Å². The predicted molar refractivity (Wildman–Crippen MR) is 72.9 cm³/mol. The van der Waals surface area contributed by atoms with E-state index in [2.05, 4.69) is 24.1 Å². The molecule has 1 heterocycles. The molecule has 1 aromatic rings. The average Bonchev–Trinajstić information content (AvgIpc) is 2.37. The van der Waals surface area contributed by atoms with E-state index in [4.69, 9.17) is 0 Å². The minimum Gasteiger partial charge on any atom is -0.314 e. The van der Waals surface area contributed by atoms with Crippen molar-refractivity contribution in [3.05, 3.63) is 35.4 Å². The second kappa shape index (κ2) is 6.44. The lowest BCUT2D eigenvalue weighted by Crippen LogP contribution is -2.46. The van der Waals surface area contributed by atoms with E-state index in [0.717, 1.165) is 31.5 Å². The third-order valence-electron chi connectivity index (χ3n) is 3.88. The molecule has 1 fully saturated rings. The van der Waals surface area contributed by atoms with Crippen molar-refractivity contribution < 1.29 is 8.78 Å². The minimum absolute atomic E-state index is 0.464. The Kier molecular flexibility index (Phi) is 4.88. The van der Waals surface area contributed by atoms with Crippen LogP contribution in [0.25, 0.3) is 0 Å². The number of rotatable bonds is 4. The Labute approximate surface area is 113 Å². The minimum atomic E-state index is -0.775. The predicted octanol–water partition coefficient (Wildman–Crippen LogP) is 2.93. The largest absolute Gasteiger partial charge is 0.314 e. The van der Waals surface area contributed by atoms with E-state index in [1.54, 1.807) is 6.07 Å². The average molecular weight is 268 g/mol. The molecule has 2 rings (SSSR count).